The van der Waals surface area contributed by atoms with Crippen LogP contribution < -0.4 is 14.8 Å². The lowest BCUT2D eigenvalue weighted by atomic mass is 10.2. The van der Waals surface area contributed by atoms with E-state index in [4.69, 9.17) is 21.1 Å². The van der Waals surface area contributed by atoms with Gasteiger partial charge in [0, 0.05) is 23.4 Å². The zero-order valence-corrected chi connectivity index (χ0v) is 17.6. The number of aromatic nitrogens is 1. The Hall–Kier alpha value is -2.09. The molecule has 0 unspecified atom stereocenters. The van der Waals surface area contributed by atoms with Gasteiger partial charge in [-0.25, -0.2) is 4.98 Å². The molecule has 142 valence electrons. The van der Waals surface area contributed by atoms with Gasteiger partial charge >= 0.3 is 0 Å². The number of amides is 1. The van der Waals surface area contributed by atoms with Gasteiger partial charge in [-0.15, -0.1) is 22.7 Å². The van der Waals surface area contributed by atoms with Crippen LogP contribution in [0, 0.1) is 6.92 Å². The maximum absolute atomic E-state index is 12.5. The monoisotopic (exact) mass is 422 g/mol. The molecule has 0 aliphatic heterocycles. The van der Waals surface area contributed by atoms with Gasteiger partial charge in [-0.2, -0.15) is 0 Å². The van der Waals surface area contributed by atoms with Crippen molar-refractivity contribution in [2.75, 3.05) is 19.5 Å². The van der Waals surface area contributed by atoms with Crippen molar-refractivity contribution in [3.8, 4) is 22.1 Å². The number of hydrogen-bond acceptors (Lipinski definition) is 6. The third-order valence-corrected chi connectivity index (χ3v) is 6.09. The number of benzene rings is 1. The number of nitrogens with one attached hydrogen (secondary N) is 1. The number of carbonyl (C=O) groups excluding carboxylic acids is 1. The van der Waals surface area contributed by atoms with Crippen LogP contribution in [0.5, 0.6) is 11.5 Å². The number of hydrogen-bond donors (Lipinski definition) is 1. The fourth-order valence-electron chi connectivity index (χ4n) is 2.64. The smallest absolute Gasteiger partial charge is 0.224 e. The molecular weight excluding hydrogens is 404 g/mol. The third-order valence-electron chi connectivity index (χ3n) is 3.89. The Labute approximate surface area is 170 Å². The molecule has 0 radical (unpaired) electrons. The Morgan fingerprint density at radius 3 is 2.70 bits per heavy atom. The highest BCUT2D eigenvalue weighted by atomic mass is 35.5. The number of anilines is 1. The summed E-state index contributed by atoms with van der Waals surface area (Å²) in [6.45, 7) is 1.98. The second kappa shape index (κ2) is 8.73. The molecule has 0 aliphatic rings. The minimum Gasteiger partial charge on any atom is -0.495 e. The summed E-state index contributed by atoms with van der Waals surface area (Å²) in [7, 11) is 3.05. The van der Waals surface area contributed by atoms with E-state index in [0.29, 0.717) is 35.1 Å². The molecule has 0 spiro atoms. The zero-order chi connectivity index (χ0) is 19.4. The summed E-state index contributed by atoms with van der Waals surface area (Å²) in [6.07, 6.45) is 0.964. The van der Waals surface area contributed by atoms with Gasteiger partial charge in [-0.05, 0) is 24.8 Å². The molecule has 0 saturated heterocycles. The molecule has 3 rings (SSSR count). The molecule has 1 aromatic carbocycles. The lowest BCUT2D eigenvalue weighted by Gasteiger charge is -2.13. The van der Waals surface area contributed by atoms with Gasteiger partial charge in [0.2, 0.25) is 5.91 Å². The summed E-state index contributed by atoms with van der Waals surface area (Å²) in [5.74, 6) is 0.855. The summed E-state index contributed by atoms with van der Waals surface area (Å²) < 4.78 is 10.5. The van der Waals surface area contributed by atoms with Crippen molar-refractivity contribution < 1.29 is 14.3 Å². The number of aryl methyl sites for hydroxylation is 2. The molecule has 0 atom stereocenters. The molecule has 1 amide bonds. The minimum absolute atomic E-state index is 0.110. The first-order valence-corrected chi connectivity index (χ1v) is 10.3. The van der Waals surface area contributed by atoms with Crippen molar-refractivity contribution in [3.63, 3.8) is 0 Å². The van der Waals surface area contributed by atoms with Crippen LogP contribution in [0.1, 0.15) is 16.3 Å². The predicted molar refractivity (Wildman–Crippen MR) is 112 cm³/mol. The Balaban J connectivity index is 1.71. The van der Waals surface area contributed by atoms with Gasteiger partial charge in [0.25, 0.3) is 0 Å². The van der Waals surface area contributed by atoms with E-state index in [1.54, 1.807) is 34.8 Å². The van der Waals surface area contributed by atoms with Crippen LogP contribution in [0.4, 0.5) is 5.69 Å². The molecule has 0 fully saturated rings. The van der Waals surface area contributed by atoms with E-state index in [1.165, 1.54) is 14.2 Å². The van der Waals surface area contributed by atoms with E-state index in [2.05, 4.69) is 10.3 Å². The molecule has 27 heavy (non-hydrogen) atoms. The highest BCUT2D eigenvalue weighted by molar-refractivity contribution is 7.15. The SMILES string of the molecule is COc1cc(NC(=O)CCc2sc(C)nc2-c2cccs2)c(OC)cc1Cl. The van der Waals surface area contributed by atoms with Crippen LogP contribution in [0.25, 0.3) is 10.6 Å². The second-order valence-electron chi connectivity index (χ2n) is 5.72. The average molecular weight is 423 g/mol. The maximum Gasteiger partial charge on any atom is 0.224 e. The van der Waals surface area contributed by atoms with Crippen molar-refractivity contribution in [1.29, 1.82) is 0 Å². The van der Waals surface area contributed by atoms with Gasteiger partial charge in [-0.3, -0.25) is 4.79 Å². The van der Waals surface area contributed by atoms with Crippen LogP contribution in [-0.2, 0) is 11.2 Å². The number of methoxy groups -OCH3 is 2. The highest BCUT2D eigenvalue weighted by Crippen LogP contribution is 2.36. The van der Waals surface area contributed by atoms with Crippen molar-refractivity contribution in [1.82, 2.24) is 4.98 Å². The topological polar surface area (TPSA) is 60.5 Å². The normalized spacial score (nSPS) is 10.7. The van der Waals surface area contributed by atoms with Gasteiger partial charge in [0.15, 0.2) is 0 Å². The van der Waals surface area contributed by atoms with Crippen molar-refractivity contribution >= 4 is 45.9 Å². The Morgan fingerprint density at radius 1 is 1.26 bits per heavy atom. The number of nitrogens with zero attached hydrogens (tertiary/aromatic N) is 1. The quantitative estimate of drug-likeness (QED) is 0.552. The summed E-state index contributed by atoms with van der Waals surface area (Å²) in [4.78, 5) is 19.4. The van der Waals surface area contributed by atoms with Crippen LogP contribution in [0.15, 0.2) is 29.6 Å². The van der Waals surface area contributed by atoms with Crippen LogP contribution in [0.2, 0.25) is 5.02 Å². The molecule has 5 nitrogen and oxygen atoms in total. The molecule has 0 bridgehead atoms. The van der Waals surface area contributed by atoms with E-state index < -0.39 is 0 Å². The first-order valence-electron chi connectivity index (χ1n) is 8.23. The van der Waals surface area contributed by atoms with Gasteiger partial charge in [-0.1, -0.05) is 17.7 Å². The number of ether oxygens (including phenoxy) is 2. The minimum atomic E-state index is -0.110. The standard InChI is InChI=1S/C19H19ClN2O3S2/c1-11-21-19(16-5-4-8-26-16)17(27-11)6-7-18(23)22-13-10-14(24-2)12(20)9-15(13)25-3/h4-5,8-10H,6-7H2,1-3H3,(H,22,23). The number of halogens is 1. The maximum atomic E-state index is 12.5. The molecule has 3 aromatic rings. The first kappa shape index (κ1) is 19.7. The average Bonchev–Trinajstić information content (AvgIpc) is 3.30. The summed E-state index contributed by atoms with van der Waals surface area (Å²) in [6, 6.07) is 7.34. The lowest BCUT2D eigenvalue weighted by Crippen LogP contribution is -2.13. The Bertz CT molecular complexity index is 939. The van der Waals surface area contributed by atoms with E-state index in [9.17, 15) is 4.79 Å². The van der Waals surface area contributed by atoms with Crippen molar-refractivity contribution in [2.24, 2.45) is 0 Å². The van der Waals surface area contributed by atoms with E-state index >= 15 is 0 Å². The highest BCUT2D eigenvalue weighted by Gasteiger charge is 2.16. The molecule has 8 heteroatoms. The van der Waals surface area contributed by atoms with E-state index in [0.717, 1.165) is 20.5 Å². The summed E-state index contributed by atoms with van der Waals surface area (Å²) in [5, 5.41) is 6.33. The first-order chi connectivity index (χ1) is 13.0. The number of carbonyl (C=O) groups is 1. The lowest BCUT2D eigenvalue weighted by molar-refractivity contribution is -0.116. The van der Waals surface area contributed by atoms with Gasteiger partial charge in [0.1, 0.15) is 11.5 Å². The predicted octanol–water partition coefficient (Wildman–Crippen LogP) is 5.42. The Morgan fingerprint density at radius 2 is 2.04 bits per heavy atom. The van der Waals surface area contributed by atoms with Crippen LogP contribution in [-0.4, -0.2) is 25.1 Å². The zero-order valence-electron chi connectivity index (χ0n) is 15.2. The summed E-state index contributed by atoms with van der Waals surface area (Å²) >= 11 is 9.39. The van der Waals surface area contributed by atoms with Gasteiger partial charge in [0.05, 0.1) is 40.5 Å². The second-order valence-corrected chi connectivity index (χ2v) is 8.36. The largest absolute Gasteiger partial charge is 0.495 e. The number of thiophene rings is 1. The van der Waals surface area contributed by atoms with E-state index in [1.807, 2.05) is 24.4 Å². The van der Waals surface area contributed by atoms with Gasteiger partial charge < -0.3 is 14.8 Å². The van der Waals surface area contributed by atoms with Crippen molar-refractivity contribution in [2.45, 2.75) is 19.8 Å². The molecule has 0 saturated carbocycles. The van der Waals surface area contributed by atoms with Crippen LogP contribution >= 0.6 is 34.3 Å². The van der Waals surface area contributed by atoms with Crippen LogP contribution in [0.3, 0.4) is 0 Å². The Kier molecular flexibility index (Phi) is 6.36. The number of thiazole rings is 1. The molecule has 1 N–H and O–H groups in total. The third kappa shape index (κ3) is 4.61. The number of rotatable bonds is 7. The fourth-order valence-corrected chi connectivity index (χ4v) is 4.63. The molecule has 2 aromatic heterocycles. The van der Waals surface area contributed by atoms with Crippen molar-refractivity contribution in [3.05, 3.63) is 44.6 Å². The summed E-state index contributed by atoms with van der Waals surface area (Å²) in [5.41, 5.74) is 1.51. The van der Waals surface area contributed by atoms with E-state index in [-0.39, 0.29) is 5.91 Å². The molecule has 0 aliphatic carbocycles. The molecule has 2 heterocycles. The molecular formula is C19H19ClN2O3S2. The fraction of sp³-hybridized carbons (Fsp3) is 0.263.